The smallest absolute Gasteiger partial charge is 0.244 e. The first-order valence-corrected chi connectivity index (χ1v) is 7.27. The molecule has 2 heterocycles. The van der Waals surface area contributed by atoms with E-state index in [0.29, 0.717) is 17.4 Å². The molecule has 0 radical (unpaired) electrons. The maximum Gasteiger partial charge on any atom is 0.244 e. The van der Waals surface area contributed by atoms with E-state index in [1.54, 1.807) is 18.3 Å². The topological polar surface area (TPSA) is 55.1 Å². The van der Waals surface area contributed by atoms with Crippen LogP contribution in [0.15, 0.2) is 47.1 Å². The van der Waals surface area contributed by atoms with Crippen LogP contribution >= 0.6 is 0 Å². The summed E-state index contributed by atoms with van der Waals surface area (Å²) >= 11 is 0. The third-order valence-electron chi connectivity index (χ3n) is 3.72. The molecule has 3 rings (SSSR count). The van der Waals surface area contributed by atoms with Crippen LogP contribution in [0.25, 0.3) is 22.6 Å². The first-order chi connectivity index (χ1) is 11.0. The second-order valence-electron chi connectivity index (χ2n) is 5.54. The van der Waals surface area contributed by atoms with Crippen molar-refractivity contribution in [1.29, 1.82) is 0 Å². The van der Waals surface area contributed by atoms with Crippen LogP contribution in [0.1, 0.15) is 18.9 Å². The molecule has 2 aromatic heterocycles. The van der Waals surface area contributed by atoms with Gasteiger partial charge in [0.2, 0.25) is 11.7 Å². The molecule has 5 nitrogen and oxygen atoms in total. The molecule has 118 valence electrons. The Morgan fingerprint density at radius 3 is 2.61 bits per heavy atom. The summed E-state index contributed by atoms with van der Waals surface area (Å²) < 4.78 is 18.6. The zero-order valence-electron chi connectivity index (χ0n) is 13.2. The lowest BCUT2D eigenvalue weighted by atomic mass is 10.1. The minimum atomic E-state index is -0.271. The van der Waals surface area contributed by atoms with E-state index in [1.807, 2.05) is 38.1 Å². The zero-order chi connectivity index (χ0) is 16.4. The molecule has 6 heteroatoms. The molecular weight excluding hydrogens is 295 g/mol. The Kier molecular flexibility index (Phi) is 4.16. The van der Waals surface area contributed by atoms with Crippen molar-refractivity contribution in [1.82, 2.24) is 20.0 Å². The molecule has 0 fully saturated rings. The fourth-order valence-electron chi connectivity index (χ4n) is 2.09. The van der Waals surface area contributed by atoms with Crippen LogP contribution in [-0.2, 0) is 0 Å². The van der Waals surface area contributed by atoms with Crippen LogP contribution in [-0.4, -0.2) is 34.1 Å². The molecule has 0 aliphatic rings. The van der Waals surface area contributed by atoms with E-state index < -0.39 is 0 Å². The molecule has 0 aliphatic heterocycles. The summed E-state index contributed by atoms with van der Waals surface area (Å²) in [4.78, 5) is 10.7. The molecule has 23 heavy (non-hydrogen) atoms. The van der Waals surface area contributed by atoms with E-state index in [2.05, 4.69) is 15.1 Å². The molecule has 1 atom stereocenters. The highest BCUT2D eigenvalue weighted by molar-refractivity contribution is 5.64. The highest BCUT2D eigenvalue weighted by Crippen LogP contribution is 2.23. The van der Waals surface area contributed by atoms with Gasteiger partial charge in [-0.1, -0.05) is 23.4 Å². The van der Waals surface area contributed by atoms with Gasteiger partial charge in [-0.25, -0.2) is 4.39 Å². The normalized spacial score (nSPS) is 12.6. The Balaban J connectivity index is 1.85. The highest BCUT2D eigenvalue weighted by atomic mass is 19.1. The highest BCUT2D eigenvalue weighted by Gasteiger charge is 2.17. The molecule has 1 aromatic carbocycles. The Labute approximate surface area is 133 Å². The molecule has 0 spiro atoms. The number of pyridine rings is 1. The predicted octanol–water partition coefficient (Wildman–Crippen LogP) is 3.56. The van der Waals surface area contributed by atoms with Gasteiger partial charge in [0.05, 0.1) is 6.04 Å². The molecule has 0 bridgehead atoms. The minimum Gasteiger partial charge on any atom is -0.337 e. The predicted molar refractivity (Wildman–Crippen MR) is 85.0 cm³/mol. The quantitative estimate of drug-likeness (QED) is 0.737. The molecule has 0 aliphatic carbocycles. The number of nitrogens with zero attached hydrogens (tertiary/aromatic N) is 4. The third kappa shape index (κ3) is 3.27. The summed E-state index contributed by atoms with van der Waals surface area (Å²) in [6.07, 6.45) is 1.68. The molecule has 0 saturated carbocycles. The van der Waals surface area contributed by atoms with E-state index in [1.165, 1.54) is 12.1 Å². The maximum absolute atomic E-state index is 13.3. The fourth-order valence-corrected chi connectivity index (χ4v) is 2.09. The van der Waals surface area contributed by atoms with Crippen molar-refractivity contribution in [2.45, 2.75) is 13.0 Å². The molecule has 0 amide bonds. The van der Waals surface area contributed by atoms with Crippen LogP contribution in [0.2, 0.25) is 0 Å². The summed E-state index contributed by atoms with van der Waals surface area (Å²) in [6.45, 7) is 1.98. The Morgan fingerprint density at radius 1 is 1.13 bits per heavy atom. The maximum atomic E-state index is 13.3. The molecule has 1 unspecified atom stereocenters. The third-order valence-corrected chi connectivity index (χ3v) is 3.72. The summed E-state index contributed by atoms with van der Waals surface area (Å²) in [6, 6.07) is 10.1. The lowest BCUT2D eigenvalue weighted by molar-refractivity contribution is 0.245. The number of hydrogen-bond acceptors (Lipinski definition) is 5. The summed E-state index contributed by atoms with van der Waals surface area (Å²) in [5.41, 5.74) is 2.23. The van der Waals surface area contributed by atoms with Gasteiger partial charge >= 0.3 is 0 Å². The Morgan fingerprint density at radius 2 is 1.96 bits per heavy atom. The van der Waals surface area contributed by atoms with E-state index in [9.17, 15) is 4.39 Å². The van der Waals surface area contributed by atoms with E-state index in [4.69, 9.17) is 4.52 Å². The van der Waals surface area contributed by atoms with Crippen molar-refractivity contribution in [2.24, 2.45) is 0 Å². The lowest BCUT2D eigenvalue weighted by Gasteiger charge is -2.14. The minimum absolute atomic E-state index is 0.0304. The number of benzene rings is 1. The number of halogens is 1. The van der Waals surface area contributed by atoms with Crippen LogP contribution in [0.3, 0.4) is 0 Å². The molecular formula is C17H17FN4O. The summed E-state index contributed by atoms with van der Waals surface area (Å²) in [7, 11) is 3.89. The SMILES string of the molecule is CC(c1nc(-c2ccc(-c3cccc(F)c3)cn2)no1)N(C)C. The van der Waals surface area contributed by atoms with Crippen molar-refractivity contribution in [3.63, 3.8) is 0 Å². The van der Waals surface area contributed by atoms with Crippen molar-refractivity contribution in [3.05, 3.63) is 54.3 Å². The van der Waals surface area contributed by atoms with Gasteiger partial charge in [0.15, 0.2) is 0 Å². The summed E-state index contributed by atoms with van der Waals surface area (Å²) in [5.74, 6) is 0.715. The van der Waals surface area contributed by atoms with Crippen molar-refractivity contribution in [2.75, 3.05) is 14.1 Å². The number of hydrogen-bond donors (Lipinski definition) is 0. The van der Waals surface area contributed by atoms with Gasteiger partial charge in [0.1, 0.15) is 11.5 Å². The number of aromatic nitrogens is 3. The van der Waals surface area contributed by atoms with E-state index in [-0.39, 0.29) is 11.9 Å². The first kappa shape index (κ1) is 15.3. The monoisotopic (exact) mass is 312 g/mol. The standard InChI is InChI=1S/C17H17FN4O/c1-11(22(2)3)17-20-16(21-23-17)15-8-7-13(10-19-15)12-5-4-6-14(18)9-12/h4-11H,1-3H3. The molecule has 3 aromatic rings. The Bertz CT molecular complexity index is 798. The largest absolute Gasteiger partial charge is 0.337 e. The average Bonchev–Trinajstić information content (AvgIpc) is 3.04. The summed E-state index contributed by atoms with van der Waals surface area (Å²) in [5, 5.41) is 3.97. The van der Waals surface area contributed by atoms with E-state index >= 15 is 0 Å². The van der Waals surface area contributed by atoms with Crippen LogP contribution in [0, 0.1) is 5.82 Å². The van der Waals surface area contributed by atoms with Crippen LogP contribution < -0.4 is 0 Å². The van der Waals surface area contributed by atoms with Crippen molar-refractivity contribution < 1.29 is 8.91 Å². The number of rotatable bonds is 4. The van der Waals surface area contributed by atoms with Gasteiger partial charge in [-0.05, 0) is 44.8 Å². The fraction of sp³-hybridized carbons (Fsp3) is 0.235. The van der Waals surface area contributed by atoms with Crippen LogP contribution in [0.4, 0.5) is 4.39 Å². The van der Waals surface area contributed by atoms with Gasteiger partial charge in [0.25, 0.3) is 0 Å². The van der Waals surface area contributed by atoms with Crippen molar-refractivity contribution >= 4 is 0 Å². The van der Waals surface area contributed by atoms with Gasteiger partial charge in [-0.2, -0.15) is 4.98 Å². The van der Waals surface area contributed by atoms with E-state index in [0.717, 1.165) is 11.1 Å². The van der Waals surface area contributed by atoms with Gasteiger partial charge in [-0.15, -0.1) is 0 Å². The van der Waals surface area contributed by atoms with Gasteiger partial charge < -0.3 is 4.52 Å². The van der Waals surface area contributed by atoms with Gasteiger partial charge in [0, 0.05) is 11.8 Å². The van der Waals surface area contributed by atoms with Gasteiger partial charge in [-0.3, -0.25) is 9.88 Å². The van der Waals surface area contributed by atoms with Crippen molar-refractivity contribution in [3.8, 4) is 22.6 Å². The lowest BCUT2D eigenvalue weighted by Crippen LogP contribution is -2.16. The second-order valence-corrected chi connectivity index (χ2v) is 5.54. The molecule has 0 N–H and O–H groups in total. The Hall–Kier alpha value is -2.60. The molecule has 0 saturated heterocycles. The first-order valence-electron chi connectivity index (χ1n) is 7.27. The average molecular weight is 312 g/mol. The second kappa shape index (κ2) is 6.26. The zero-order valence-corrected chi connectivity index (χ0v) is 13.2. The van der Waals surface area contributed by atoms with Crippen LogP contribution in [0.5, 0.6) is 0 Å².